The molecular formula is C37H46FN7O3. The molecule has 10 nitrogen and oxygen atoms in total. The van der Waals surface area contributed by atoms with Crippen LogP contribution in [0.2, 0.25) is 0 Å². The highest BCUT2D eigenvalue weighted by Gasteiger charge is 2.22. The number of halogens is 1. The average Bonchev–Trinajstić information content (AvgIpc) is 3.55. The molecule has 3 heterocycles. The second-order valence-electron chi connectivity index (χ2n) is 12.0. The molecule has 1 aliphatic rings. The Labute approximate surface area is 281 Å². The van der Waals surface area contributed by atoms with Crippen LogP contribution in [0.15, 0.2) is 61.6 Å². The third-order valence-corrected chi connectivity index (χ3v) is 8.93. The largest absolute Gasteiger partial charge is 0.494 e. The van der Waals surface area contributed by atoms with Crippen molar-refractivity contribution >= 4 is 29.0 Å². The highest BCUT2D eigenvalue weighted by Crippen LogP contribution is 2.33. The minimum absolute atomic E-state index is 0.110. The van der Waals surface area contributed by atoms with Gasteiger partial charge in [0.2, 0.25) is 5.91 Å². The number of imidazole rings is 1. The van der Waals surface area contributed by atoms with Crippen molar-refractivity contribution in [3.63, 3.8) is 0 Å². The second-order valence-corrected chi connectivity index (χ2v) is 12.0. The van der Waals surface area contributed by atoms with Crippen LogP contribution in [-0.2, 0) is 17.6 Å². The van der Waals surface area contributed by atoms with Crippen LogP contribution < -0.4 is 20.7 Å². The molecule has 254 valence electrons. The maximum atomic E-state index is 15.2. The molecule has 3 N–H and O–H groups in total. The number of unbranched alkanes of at least 4 members (excludes halogenated alkanes) is 2. The maximum absolute atomic E-state index is 15.2. The topological polar surface area (TPSA) is 113 Å². The van der Waals surface area contributed by atoms with Gasteiger partial charge in [0.05, 0.1) is 19.0 Å². The first-order valence-corrected chi connectivity index (χ1v) is 16.9. The van der Waals surface area contributed by atoms with Crippen molar-refractivity contribution in [1.29, 1.82) is 0 Å². The molecule has 1 atom stereocenters. The summed E-state index contributed by atoms with van der Waals surface area (Å²) in [6, 6.07) is 9.46. The van der Waals surface area contributed by atoms with Crippen molar-refractivity contribution in [2.75, 3.05) is 38.6 Å². The number of amides is 2. The van der Waals surface area contributed by atoms with Crippen LogP contribution in [0.4, 0.5) is 15.9 Å². The number of aromatic nitrogens is 3. The lowest BCUT2D eigenvalue weighted by Gasteiger charge is -2.33. The maximum Gasteiger partial charge on any atom is 0.251 e. The number of rotatable bonds is 15. The zero-order valence-corrected chi connectivity index (χ0v) is 28.2. The van der Waals surface area contributed by atoms with Gasteiger partial charge in [-0.25, -0.2) is 14.4 Å². The molecule has 1 aliphatic heterocycles. The molecular weight excluding hydrogens is 609 g/mol. The molecule has 11 heteroatoms. The van der Waals surface area contributed by atoms with Gasteiger partial charge in [0, 0.05) is 73.4 Å². The summed E-state index contributed by atoms with van der Waals surface area (Å²) in [5.74, 6) is 0.405. The van der Waals surface area contributed by atoms with Crippen molar-refractivity contribution in [3.05, 3.63) is 84.1 Å². The summed E-state index contributed by atoms with van der Waals surface area (Å²) in [4.78, 5) is 36.8. The number of carbonyl (C=O) groups is 2. The Hall–Kier alpha value is -4.77. The van der Waals surface area contributed by atoms with Gasteiger partial charge in [0.25, 0.3) is 5.91 Å². The summed E-state index contributed by atoms with van der Waals surface area (Å²) in [7, 11) is 1.44. The smallest absolute Gasteiger partial charge is 0.251 e. The number of methoxy groups -OCH3 is 1. The van der Waals surface area contributed by atoms with E-state index in [-0.39, 0.29) is 17.6 Å². The molecule has 1 fully saturated rings. The number of nitrogens with zero attached hydrogens (tertiary/aromatic N) is 4. The van der Waals surface area contributed by atoms with Crippen molar-refractivity contribution in [1.82, 2.24) is 29.9 Å². The number of hydrogen-bond acceptors (Lipinski definition) is 7. The van der Waals surface area contributed by atoms with Crippen LogP contribution in [0.5, 0.6) is 5.75 Å². The molecule has 48 heavy (non-hydrogen) atoms. The molecule has 1 saturated heterocycles. The summed E-state index contributed by atoms with van der Waals surface area (Å²) in [6.07, 6.45) is 11.9. The quantitative estimate of drug-likeness (QED) is 0.105. The summed E-state index contributed by atoms with van der Waals surface area (Å²) >= 11 is 0. The molecule has 0 saturated carbocycles. The van der Waals surface area contributed by atoms with Crippen LogP contribution in [-0.4, -0.2) is 70.4 Å². The molecule has 2 aromatic heterocycles. The fraction of sp³-hybridized carbons (Fsp3) is 0.405. The van der Waals surface area contributed by atoms with E-state index in [2.05, 4.69) is 39.4 Å². The minimum atomic E-state index is -0.420. The molecule has 0 unspecified atom stereocenters. The number of ether oxygens (including phenoxy) is 1. The first-order chi connectivity index (χ1) is 23.4. The van der Waals surface area contributed by atoms with Gasteiger partial charge < -0.3 is 25.6 Å². The Morgan fingerprint density at radius 1 is 1.17 bits per heavy atom. The molecule has 0 spiro atoms. The van der Waals surface area contributed by atoms with E-state index < -0.39 is 5.82 Å². The van der Waals surface area contributed by atoms with Crippen LogP contribution in [0.1, 0.15) is 67.4 Å². The highest BCUT2D eigenvalue weighted by molar-refractivity contribution is 5.96. The zero-order chi connectivity index (χ0) is 34.0. The van der Waals surface area contributed by atoms with E-state index in [0.717, 1.165) is 56.6 Å². The Kier molecular flexibility index (Phi) is 11.8. The van der Waals surface area contributed by atoms with Gasteiger partial charge in [-0.2, -0.15) is 0 Å². The van der Waals surface area contributed by atoms with Gasteiger partial charge >= 0.3 is 0 Å². The second kappa shape index (κ2) is 16.4. The number of hydrogen-bond donors (Lipinski definition) is 3. The number of aryl methyl sites for hydroxylation is 1. The Morgan fingerprint density at radius 3 is 2.79 bits per heavy atom. The van der Waals surface area contributed by atoms with Crippen molar-refractivity contribution < 1.29 is 18.7 Å². The third-order valence-electron chi connectivity index (χ3n) is 8.93. The van der Waals surface area contributed by atoms with Crippen molar-refractivity contribution in [3.8, 4) is 17.0 Å². The van der Waals surface area contributed by atoms with Gasteiger partial charge in [0.15, 0.2) is 23.0 Å². The lowest BCUT2D eigenvalue weighted by Crippen LogP contribution is -2.52. The summed E-state index contributed by atoms with van der Waals surface area (Å²) in [5.41, 5.74) is 4.77. The first-order valence-electron chi connectivity index (χ1n) is 16.9. The number of nitrogens with one attached hydrogen (secondary N) is 3. The first kappa shape index (κ1) is 34.6. The van der Waals surface area contributed by atoms with E-state index >= 15 is 4.39 Å². The number of piperazine rings is 1. The standard InChI is InChI=1S/C37H46FN7O3/c1-5-11-30-29(15-16-32(48-4)34(30)38)31-23-42-36-35(40-19-21-45(31)36)43-27-13-14-28(25(6-2)22-27)37(47)41-17-10-8-9-12-33(46)44-20-18-39-26(7-3)24-44/h5,13-16,19,21-23,26,39H,1,6-12,17-18,20,24H2,2-4H3,(H,40,43)(H,41,47)/t26-/m1/s1. The SMILES string of the molecule is C=CCc1c(-c2cnc3c(Nc4ccc(C(=O)NCCCCCC(=O)N5CCN[C@H](CC)C5)c(CC)c4)nccn23)ccc(OC)c1F. The van der Waals surface area contributed by atoms with E-state index in [9.17, 15) is 9.59 Å². The molecule has 2 aromatic carbocycles. The lowest BCUT2D eigenvalue weighted by molar-refractivity contribution is -0.132. The van der Waals surface area contributed by atoms with E-state index in [1.807, 2.05) is 40.5 Å². The fourth-order valence-electron chi connectivity index (χ4n) is 6.23. The van der Waals surface area contributed by atoms with Crippen LogP contribution in [0.3, 0.4) is 0 Å². The van der Waals surface area contributed by atoms with E-state index in [1.165, 1.54) is 7.11 Å². The van der Waals surface area contributed by atoms with Gasteiger partial charge in [-0.3, -0.25) is 14.0 Å². The van der Waals surface area contributed by atoms with Gasteiger partial charge in [-0.1, -0.05) is 26.3 Å². The number of benzene rings is 2. The molecule has 4 aromatic rings. The summed E-state index contributed by atoms with van der Waals surface area (Å²) in [6.45, 7) is 10.9. The predicted octanol–water partition coefficient (Wildman–Crippen LogP) is 6.08. The van der Waals surface area contributed by atoms with Gasteiger partial charge in [-0.15, -0.1) is 6.58 Å². The van der Waals surface area contributed by atoms with Crippen molar-refractivity contribution in [2.24, 2.45) is 0 Å². The van der Waals surface area contributed by atoms with Crippen LogP contribution in [0, 0.1) is 5.82 Å². The summed E-state index contributed by atoms with van der Waals surface area (Å²) < 4.78 is 22.3. The molecule has 0 bridgehead atoms. The van der Waals surface area contributed by atoms with Crippen LogP contribution in [0.25, 0.3) is 16.9 Å². The van der Waals surface area contributed by atoms with E-state index in [4.69, 9.17) is 4.74 Å². The number of fused-ring (bicyclic) bond motifs is 1. The Morgan fingerprint density at radius 2 is 2.02 bits per heavy atom. The highest BCUT2D eigenvalue weighted by atomic mass is 19.1. The van der Waals surface area contributed by atoms with Crippen LogP contribution >= 0.6 is 0 Å². The third kappa shape index (κ3) is 7.84. The lowest BCUT2D eigenvalue weighted by atomic mass is 10.0. The van der Waals surface area contributed by atoms with E-state index in [0.29, 0.717) is 65.7 Å². The fourth-order valence-corrected chi connectivity index (χ4v) is 6.23. The zero-order valence-electron chi connectivity index (χ0n) is 28.2. The normalized spacial score (nSPS) is 14.6. The number of allylic oxidation sites excluding steroid dienone is 1. The molecule has 0 aliphatic carbocycles. The molecule has 0 radical (unpaired) electrons. The van der Waals surface area contributed by atoms with E-state index in [1.54, 1.807) is 30.7 Å². The number of anilines is 2. The summed E-state index contributed by atoms with van der Waals surface area (Å²) in [5, 5.41) is 9.85. The van der Waals surface area contributed by atoms with Gasteiger partial charge in [0.1, 0.15) is 0 Å². The molecule has 2 amide bonds. The van der Waals surface area contributed by atoms with Gasteiger partial charge in [-0.05, 0) is 68.0 Å². The Bertz CT molecular complexity index is 1750. The number of carbonyl (C=O) groups excluding carboxylic acids is 2. The Balaban J connectivity index is 1.19. The molecule has 5 rings (SSSR count). The predicted molar refractivity (Wildman–Crippen MR) is 187 cm³/mol. The monoisotopic (exact) mass is 655 g/mol. The van der Waals surface area contributed by atoms with Crippen molar-refractivity contribution in [2.45, 2.75) is 64.8 Å². The minimum Gasteiger partial charge on any atom is -0.494 e. The average molecular weight is 656 g/mol.